The number of aliphatic imine (C=N–C) groups is 1. The fourth-order valence-electron chi connectivity index (χ4n) is 2.33. The van der Waals surface area contributed by atoms with E-state index in [0.29, 0.717) is 5.92 Å². The average Bonchev–Trinajstić information content (AvgIpc) is 2.28. The summed E-state index contributed by atoms with van der Waals surface area (Å²) in [5.74, 6) is 0.584. The van der Waals surface area contributed by atoms with Crippen LogP contribution in [0.4, 0.5) is 0 Å². The van der Waals surface area contributed by atoms with E-state index >= 15 is 0 Å². The first-order valence-corrected chi connectivity index (χ1v) is 5.91. The molecule has 0 fully saturated rings. The Hall–Kier alpha value is -1.11. The van der Waals surface area contributed by atoms with E-state index in [1.54, 1.807) is 0 Å². The summed E-state index contributed by atoms with van der Waals surface area (Å²) in [7, 11) is 0. The lowest BCUT2D eigenvalue weighted by molar-refractivity contribution is 0.761. The van der Waals surface area contributed by atoms with Crippen LogP contribution in [0.1, 0.15) is 48.9 Å². The first-order chi connectivity index (χ1) is 7.26. The summed E-state index contributed by atoms with van der Waals surface area (Å²) in [6, 6.07) is 4.72. The summed E-state index contributed by atoms with van der Waals surface area (Å²) < 4.78 is 0. The standard InChI is InChI=1S/C14H19N/c1-4-11-6-13-9-15-8-10(3)14(13)7-12(11)5-2/h6-7,9-10H,4-5,8H2,1-3H3. The maximum Gasteiger partial charge on any atom is 0.0455 e. The zero-order valence-corrected chi connectivity index (χ0v) is 9.88. The van der Waals surface area contributed by atoms with Crippen LogP contribution in [0.3, 0.4) is 0 Å². The molecule has 0 saturated carbocycles. The van der Waals surface area contributed by atoms with Gasteiger partial charge in [-0.15, -0.1) is 0 Å². The maximum absolute atomic E-state index is 4.41. The summed E-state index contributed by atoms with van der Waals surface area (Å²) >= 11 is 0. The molecule has 1 atom stereocenters. The van der Waals surface area contributed by atoms with E-state index in [1.165, 1.54) is 22.3 Å². The molecular weight excluding hydrogens is 182 g/mol. The van der Waals surface area contributed by atoms with Crippen molar-refractivity contribution in [3.63, 3.8) is 0 Å². The lowest BCUT2D eigenvalue weighted by atomic mass is 9.88. The molecule has 2 rings (SSSR count). The maximum atomic E-state index is 4.41. The second-order valence-corrected chi connectivity index (χ2v) is 4.35. The van der Waals surface area contributed by atoms with Gasteiger partial charge in [0.05, 0.1) is 0 Å². The molecule has 0 aliphatic carbocycles. The summed E-state index contributed by atoms with van der Waals surface area (Å²) in [6.07, 6.45) is 4.30. The van der Waals surface area contributed by atoms with Crippen molar-refractivity contribution in [1.29, 1.82) is 0 Å². The molecule has 15 heavy (non-hydrogen) atoms. The van der Waals surface area contributed by atoms with Crippen molar-refractivity contribution in [2.75, 3.05) is 6.54 Å². The number of rotatable bonds is 2. The molecule has 1 heteroatoms. The molecule has 0 radical (unpaired) electrons. The SMILES string of the molecule is CCc1cc2c(cc1CC)C(C)CN=C2. The average molecular weight is 201 g/mol. The van der Waals surface area contributed by atoms with Crippen molar-refractivity contribution in [1.82, 2.24) is 0 Å². The largest absolute Gasteiger partial charge is 0.292 e. The van der Waals surface area contributed by atoms with Gasteiger partial charge in [0.1, 0.15) is 0 Å². The predicted octanol–water partition coefficient (Wildman–Crippen LogP) is 3.35. The third-order valence-electron chi connectivity index (χ3n) is 3.31. The highest BCUT2D eigenvalue weighted by molar-refractivity contribution is 5.84. The van der Waals surface area contributed by atoms with Crippen LogP contribution in [-0.2, 0) is 12.8 Å². The Kier molecular flexibility index (Phi) is 2.90. The second kappa shape index (κ2) is 4.18. The summed E-state index contributed by atoms with van der Waals surface area (Å²) in [6.45, 7) is 7.68. The van der Waals surface area contributed by atoms with Crippen molar-refractivity contribution in [3.05, 3.63) is 34.4 Å². The molecule has 0 spiro atoms. The van der Waals surface area contributed by atoms with E-state index in [1.807, 2.05) is 6.21 Å². The number of aryl methyl sites for hydroxylation is 2. The van der Waals surface area contributed by atoms with Crippen molar-refractivity contribution < 1.29 is 0 Å². The number of nitrogens with zero attached hydrogens (tertiary/aromatic N) is 1. The van der Waals surface area contributed by atoms with Crippen LogP contribution in [0, 0.1) is 0 Å². The number of benzene rings is 1. The Labute approximate surface area is 92.2 Å². The smallest absolute Gasteiger partial charge is 0.0455 e. The molecule has 1 nitrogen and oxygen atoms in total. The fourth-order valence-corrected chi connectivity index (χ4v) is 2.33. The molecule has 1 aliphatic rings. The Morgan fingerprint density at radius 2 is 1.87 bits per heavy atom. The van der Waals surface area contributed by atoms with Crippen LogP contribution in [0.5, 0.6) is 0 Å². The van der Waals surface area contributed by atoms with Gasteiger partial charge in [0.15, 0.2) is 0 Å². The lowest BCUT2D eigenvalue weighted by Gasteiger charge is -2.20. The van der Waals surface area contributed by atoms with Gasteiger partial charge < -0.3 is 0 Å². The topological polar surface area (TPSA) is 12.4 Å². The zero-order valence-electron chi connectivity index (χ0n) is 9.88. The molecule has 80 valence electrons. The van der Waals surface area contributed by atoms with Gasteiger partial charge in [0.2, 0.25) is 0 Å². The summed E-state index contributed by atoms with van der Waals surface area (Å²) in [4.78, 5) is 4.41. The Morgan fingerprint density at radius 1 is 1.20 bits per heavy atom. The Morgan fingerprint density at radius 3 is 2.53 bits per heavy atom. The van der Waals surface area contributed by atoms with E-state index in [2.05, 4.69) is 37.9 Å². The van der Waals surface area contributed by atoms with Crippen molar-refractivity contribution in [2.45, 2.75) is 39.5 Å². The molecule has 1 heterocycles. The van der Waals surface area contributed by atoms with Crippen LogP contribution in [0.25, 0.3) is 0 Å². The van der Waals surface area contributed by atoms with Gasteiger partial charge in [-0.3, -0.25) is 4.99 Å². The van der Waals surface area contributed by atoms with Crippen molar-refractivity contribution in [3.8, 4) is 0 Å². The molecule has 0 aromatic heterocycles. The van der Waals surface area contributed by atoms with Gasteiger partial charge in [0, 0.05) is 18.7 Å². The fraction of sp³-hybridized carbons (Fsp3) is 0.500. The lowest BCUT2D eigenvalue weighted by Crippen LogP contribution is -2.10. The summed E-state index contributed by atoms with van der Waals surface area (Å²) in [5.41, 5.74) is 5.82. The monoisotopic (exact) mass is 201 g/mol. The normalized spacial score (nSPS) is 19.0. The minimum atomic E-state index is 0.584. The van der Waals surface area contributed by atoms with Crippen molar-refractivity contribution in [2.24, 2.45) is 4.99 Å². The molecular formula is C14H19N. The zero-order chi connectivity index (χ0) is 10.8. The van der Waals surface area contributed by atoms with Crippen LogP contribution >= 0.6 is 0 Å². The van der Waals surface area contributed by atoms with Gasteiger partial charge >= 0.3 is 0 Å². The first-order valence-electron chi connectivity index (χ1n) is 5.91. The van der Waals surface area contributed by atoms with E-state index in [4.69, 9.17) is 0 Å². The highest BCUT2D eigenvalue weighted by atomic mass is 14.7. The molecule has 0 amide bonds. The van der Waals surface area contributed by atoms with E-state index < -0.39 is 0 Å². The van der Waals surface area contributed by atoms with E-state index in [-0.39, 0.29) is 0 Å². The van der Waals surface area contributed by atoms with Crippen molar-refractivity contribution >= 4 is 6.21 Å². The highest BCUT2D eigenvalue weighted by Gasteiger charge is 2.15. The van der Waals surface area contributed by atoms with E-state index in [0.717, 1.165) is 19.4 Å². The second-order valence-electron chi connectivity index (χ2n) is 4.35. The molecule has 1 unspecified atom stereocenters. The Bertz CT molecular complexity index is 391. The highest BCUT2D eigenvalue weighted by Crippen LogP contribution is 2.26. The van der Waals surface area contributed by atoms with E-state index in [9.17, 15) is 0 Å². The number of hydrogen-bond donors (Lipinski definition) is 0. The van der Waals surface area contributed by atoms with Gasteiger partial charge in [-0.2, -0.15) is 0 Å². The van der Waals surface area contributed by atoms with Crippen LogP contribution in [-0.4, -0.2) is 12.8 Å². The molecule has 0 bridgehead atoms. The quantitative estimate of drug-likeness (QED) is 0.696. The third-order valence-corrected chi connectivity index (χ3v) is 3.31. The van der Waals surface area contributed by atoms with Gasteiger partial charge in [0.25, 0.3) is 0 Å². The molecule has 0 N–H and O–H groups in total. The first kappa shape index (κ1) is 10.4. The third kappa shape index (κ3) is 1.83. The summed E-state index contributed by atoms with van der Waals surface area (Å²) in [5, 5.41) is 0. The number of hydrogen-bond acceptors (Lipinski definition) is 1. The predicted molar refractivity (Wildman–Crippen MR) is 66.1 cm³/mol. The molecule has 0 saturated heterocycles. The van der Waals surface area contributed by atoms with Gasteiger partial charge in [-0.25, -0.2) is 0 Å². The van der Waals surface area contributed by atoms with Gasteiger partial charge in [-0.05, 0) is 41.2 Å². The number of fused-ring (bicyclic) bond motifs is 1. The minimum Gasteiger partial charge on any atom is -0.292 e. The van der Waals surface area contributed by atoms with Crippen LogP contribution in [0.2, 0.25) is 0 Å². The van der Waals surface area contributed by atoms with Gasteiger partial charge in [-0.1, -0.05) is 26.8 Å². The molecule has 1 aromatic rings. The molecule has 1 aromatic carbocycles. The Balaban J connectivity index is 2.54. The van der Waals surface area contributed by atoms with Crippen LogP contribution < -0.4 is 0 Å². The minimum absolute atomic E-state index is 0.584. The van der Waals surface area contributed by atoms with Crippen LogP contribution in [0.15, 0.2) is 17.1 Å². The molecule has 1 aliphatic heterocycles.